The summed E-state index contributed by atoms with van der Waals surface area (Å²) in [6.07, 6.45) is 4.89. The first-order valence-electron chi connectivity index (χ1n) is 6.43. The number of thiazole rings is 1. The van der Waals surface area contributed by atoms with Crippen LogP contribution in [0.4, 0.5) is 0 Å². The molecule has 0 spiro atoms. The molecule has 5 heteroatoms. The fourth-order valence-corrected chi connectivity index (χ4v) is 2.71. The van der Waals surface area contributed by atoms with Crippen LogP contribution >= 0.6 is 11.3 Å². The van der Waals surface area contributed by atoms with E-state index in [4.69, 9.17) is 0 Å². The molecule has 0 radical (unpaired) electrons. The topological polar surface area (TPSA) is 42.7 Å². The Morgan fingerprint density at radius 3 is 2.94 bits per heavy atom. The maximum absolute atomic E-state index is 4.46. The molecule has 0 amide bonds. The Balaban J connectivity index is 1.93. The van der Waals surface area contributed by atoms with E-state index in [0.717, 1.165) is 24.5 Å². The van der Waals surface area contributed by atoms with Gasteiger partial charge in [-0.3, -0.25) is 4.68 Å². The molecule has 4 nitrogen and oxygen atoms in total. The molecule has 0 aliphatic carbocycles. The van der Waals surface area contributed by atoms with Gasteiger partial charge in [0, 0.05) is 30.4 Å². The summed E-state index contributed by atoms with van der Waals surface area (Å²) < 4.78 is 2.01. The van der Waals surface area contributed by atoms with Crippen molar-refractivity contribution in [3.63, 3.8) is 0 Å². The maximum atomic E-state index is 4.46. The van der Waals surface area contributed by atoms with Gasteiger partial charge in [0.1, 0.15) is 5.01 Å². The van der Waals surface area contributed by atoms with Crippen molar-refractivity contribution in [2.45, 2.75) is 46.3 Å². The first-order chi connectivity index (χ1) is 8.74. The maximum Gasteiger partial charge on any atom is 0.109 e. The summed E-state index contributed by atoms with van der Waals surface area (Å²) in [4.78, 5) is 5.81. The summed E-state index contributed by atoms with van der Waals surface area (Å²) in [6.45, 7) is 8.17. The van der Waals surface area contributed by atoms with E-state index in [0.29, 0.717) is 0 Å². The Morgan fingerprint density at radius 1 is 1.44 bits per heavy atom. The molecule has 2 rings (SSSR count). The molecule has 0 saturated heterocycles. The summed E-state index contributed by atoms with van der Waals surface area (Å²) in [5.74, 6) is 0. The van der Waals surface area contributed by atoms with Crippen LogP contribution in [0.2, 0.25) is 0 Å². The average molecular weight is 264 g/mol. The molecule has 1 atom stereocenters. The van der Waals surface area contributed by atoms with Crippen molar-refractivity contribution in [3.8, 4) is 0 Å². The van der Waals surface area contributed by atoms with E-state index in [1.807, 2.05) is 17.1 Å². The first kappa shape index (κ1) is 13.2. The zero-order valence-corrected chi connectivity index (χ0v) is 12.0. The Hall–Kier alpha value is -1.20. The van der Waals surface area contributed by atoms with E-state index in [1.54, 1.807) is 11.3 Å². The van der Waals surface area contributed by atoms with Crippen molar-refractivity contribution in [3.05, 3.63) is 34.0 Å². The molecule has 0 aliphatic rings. The number of aryl methyl sites for hydroxylation is 2. The predicted octanol–water partition coefficient (Wildman–Crippen LogP) is 2.77. The Labute approximate surface area is 112 Å². The molecule has 0 saturated carbocycles. The number of hydrogen-bond acceptors (Lipinski definition) is 4. The second-order valence-electron chi connectivity index (χ2n) is 4.26. The van der Waals surface area contributed by atoms with E-state index >= 15 is 0 Å². The van der Waals surface area contributed by atoms with E-state index in [1.165, 1.54) is 10.6 Å². The highest BCUT2D eigenvalue weighted by Crippen LogP contribution is 2.20. The van der Waals surface area contributed by atoms with E-state index in [2.05, 4.69) is 42.2 Å². The van der Waals surface area contributed by atoms with Gasteiger partial charge in [-0.05, 0) is 26.3 Å². The molecule has 2 aromatic rings. The van der Waals surface area contributed by atoms with Crippen LogP contribution in [0.3, 0.4) is 0 Å². The molecule has 2 aromatic heterocycles. The molecule has 18 heavy (non-hydrogen) atoms. The van der Waals surface area contributed by atoms with Crippen LogP contribution in [-0.2, 0) is 19.5 Å². The van der Waals surface area contributed by atoms with Crippen LogP contribution in [0.25, 0.3) is 0 Å². The zero-order chi connectivity index (χ0) is 13.0. The SMILES string of the molecule is CCc1cnc(C(C)NCc2ccnn2CC)s1. The smallest absolute Gasteiger partial charge is 0.109 e. The lowest BCUT2D eigenvalue weighted by atomic mass is 10.3. The summed E-state index contributed by atoms with van der Waals surface area (Å²) in [7, 11) is 0. The van der Waals surface area contributed by atoms with Crippen LogP contribution in [0.15, 0.2) is 18.5 Å². The van der Waals surface area contributed by atoms with Crippen molar-refractivity contribution in [1.82, 2.24) is 20.1 Å². The average Bonchev–Trinajstić information content (AvgIpc) is 3.04. The molecule has 1 unspecified atom stereocenters. The van der Waals surface area contributed by atoms with Gasteiger partial charge in [0.25, 0.3) is 0 Å². The fourth-order valence-electron chi connectivity index (χ4n) is 1.83. The Bertz CT molecular complexity index is 489. The normalized spacial score (nSPS) is 12.8. The van der Waals surface area contributed by atoms with Gasteiger partial charge in [-0.2, -0.15) is 5.10 Å². The standard InChI is InChI=1S/C13H20N4S/c1-4-12-9-15-13(18-12)10(3)14-8-11-6-7-16-17(11)5-2/h6-7,9-10,14H,4-5,8H2,1-3H3. The first-order valence-corrected chi connectivity index (χ1v) is 7.24. The lowest BCUT2D eigenvalue weighted by molar-refractivity contribution is 0.530. The summed E-state index contributed by atoms with van der Waals surface area (Å²) >= 11 is 1.79. The Kier molecular flexibility index (Phi) is 4.49. The van der Waals surface area contributed by atoms with Gasteiger partial charge in [0.15, 0.2) is 0 Å². The van der Waals surface area contributed by atoms with Crippen molar-refractivity contribution in [1.29, 1.82) is 0 Å². The molecule has 0 aromatic carbocycles. The third kappa shape index (κ3) is 2.97. The van der Waals surface area contributed by atoms with Crippen LogP contribution < -0.4 is 5.32 Å². The molecular formula is C13H20N4S. The van der Waals surface area contributed by atoms with Crippen LogP contribution in [0, 0.1) is 0 Å². The summed E-state index contributed by atoms with van der Waals surface area (Å²) in [5.41, 5.74) is 1.22. The molecule has 0 bridgehead atoms. The second kappa shape index (κ2) is 6.11. The number of aromatic nitrogens is 3. The third-order valence-corrected chi connectivity index (χ3v) is 4.31. The zero-order valence-electron chi connectivity index (χ0n) is 11.2. The van der Waals surface area contributed by atoms with Crippen molar-refractivity contribution in [2.24, 2.45) is 0 Å². The van der Waals surface area contributed by atoms with Gasteiger partial charge in [-0.15, -0.1) is 11.3 Å². The number of nitrogens with zero attached hydrogens (tertiary/aromatic N) is 3. The van der Waals surface area contributed by atoms with Gasteiger partial charge in [-0.25, -0.2) is 4.98 Å². The number of rotatable bonds is 6. The fraction of sp³-hybridized carbons (Fsp3) is 0.538. The molecular weight excluding hydrogens is 244 g/mol. The lowest BCUT2D eigenvalue weighted by Crippen LogP contribution is -2.20. The molecule has 0 fully saturated rings. The van der Waals surface area contributed by atoms with Gasteiger partial charge < -0.3 is 5.32 Å². The third-order valence-electron chi connectivity index (χ3n) is 2.98. The van der Waals surface area contributed by atoms with E-state index in [-0.39, 0.29) is 6.04 Å². The molecule has 1 N–H and O–H groups in total. The number of hydrogen-bond donors (Lipinski definition) is 1. The minimum absolute atomic E-state index is 0.288. The van der Waals surface area contributed by atoms with Gasteiger partial charge in [0.2, 0.25) is 0 Å². The van der Waals surface area contributed by atoms with Crippen LogP contribution in [-0.4, -0.2) is 14.8 Å². The van der Waals surface area contributed by atoms with E-state index in [9.17, 15) is 0 Å². The Morgan fingerprint density at radius 2 is 2.28 bits per heavy atom. The minimum Gasteiger partial charge on any atom is -0.302 e. The second-order valence-corrected chi connectivity index (χ2v) is 5.41. The highest BCUT2D eigenvalue weighted by Gasteiger charge is 2.10. The van der Waals surface area contributed by atoms with Crippen LogP contribution in [0.1, 0.15) is 42.4 Å². The van der Waals surface area contributed by atoms with Crippen molar-refractivity contribution in [2.75, 3.05) is 0 Å². The van der Waals surface area contributed by atoms with Gasteiger partial charge >= 0.3 is 0 Å². The molecule has 2 heterocycles. The summed E-state index contributed by atoms with van der Waals surface area (Å²) in [5, 5.41) is 8.93. The minimum atomic E-state index is 0.288. The van der Waals surface area contributed by atoms with Crippen LogP contribution in [0.5, 0.6) is 0 Å². The molecule has 0 aliphatic heterocycles. The molecule has 98 valence electrons. The number of nitrogens with one attached hydrogen (secondary N) is 1. The van der Waals surface area contributed by atoms with Gasteiger partial charge in [-0.1, -0.05) is 6.92 Å². The predicted molar refractivity (Wildman–Crippen MR) is 74.6 cm³/mol. The highest BCUT2D eigenvalue weighted by molar-refractivity contribution is 7.11. The monoisotopic (exact) mass is 264 g/mol. The summed E-state index contributed by atoms with van der Waals surface area (Å²) in [6, 6.07) is 2.35. The largest absolute Gasteiger partial charge is 0.302 e. The van der Waals surface area contributed by atoms with Crippen molar-refractivity contribution < 1.29 is 0 Å². The van der Waals surface area contributed by atoms with Crippen molar-refractivity contribution >= 4 is 11.3 Å². The van der Waals surface area contributed by atoms with Gasteiger partial charge in [0.05, 0.1) is 11.7 Å². The lowest BCUT2D eigenvalue weighted by Gasteiger charge is -2.11. The highest BCUT2D eigenvalue weighted by atomic mass is 32.1. The quantitative estimate of drug-likeness (QED) is 0.872. The van der Waals surface area contributed by atoms with E-state index < -0.39 is 0 Å².